The molecule has 3 aromatic rings. The van der Waals surface area contributed by atoms with Crippen molar-refractivity contribution in [1.82, 2.24) is 14.9 Å². The lowest BCUT2D eigenvalue weighted by atomic mass is 10.1. The molecule has 2 aliphatic heterocycles. The van der Waals surface area contributed by atoms with E-state index in [9.17, 15) is 5.11 Å². The average molecular weight is 389 g/mol. The van der Waals surface area contributed by atoms with Gasteiger partial charge in [0.05, 0.1) is 17.8 Å². The zero-order valence-electron chi connectivity index (χ0n) is 16.7. The van der Waals surface area contributed by atoms with Gasteiger partial charge in [-0.05, 0) is 38.3 Å². The minimum atomic E-state index is 0.261. The Hall–Kier alpha value is -2.50. The summed E-state index contributed by atoms with van der Waals surface area (Å²) >= 11 is 0. The van der Waals surface area contributed by atoms with E-state index in [1.807, 2.05) is 12.1 Å². The molecule has 2 unspecified atom stereocenters. The van der Waals surface area contributed by atoms with Crippen molar-refractivity contribution in [3.63, 3.8) is 0 Å². The highest BCUT2D eigenvalue weighted by molar-refractivity contribution is 5.93. The van der Waals surface area contributed by atoms with Gasteiger partial charge < -0.3 is 10.0 Å². The number of para-hydroxylation sites is 1. The molecule has 0 bridgehead atoms. The number of rotatable bonds is 5. The second-order valence-corrected chi connectivity index (χ2v) is 8.22. The Balaban J connectivity index is 1.51. The van der Waals surface area contributed by atoms with Gasteiger partial charge in [-0.1, -0.05) is 48.5 Å². The number of nitrogens with zero attached hydrogens (tertiary/aromatic N) is 4. The second kappa shape index (κ2) is 8.09. The lowest BCUT2D eigenvalue weighted by Crippen LogP contribution is -2.44. The molecular weight excluding hydrogens is 360 g/mol. The van der Waals surface area contributed by atoms with Crippen LogP contribution in [0, 0.1) is 0 Å². The predicted octanol–water partition coefficient (Wildman–Crippen LogP) is 3.72. The molecule has 5 nitrogen and oxygen atoms in total. The van der Waals surface area contributed by atoms with Gasteiger partial charge in [-0.15, -0.1) is 0 Å². The summed E-state index contributed by atoms with van der Waals surface area (Å²) in [6.45, 7) is 3.33. The third-order valence-electron chi connectivity index (χ3n) is 6.43. The Bertz CT molecular complexity index is 977. The quantitative estimate of drug-likeness (QED) is 0.722. The van der Waals surface area contributed by atoms with Gasteiger partial charge in [0.1, 0.15) is 0 Å². The maximum Gasteiger partial charge on any atom is 0.226 e. The highest BCUT2D eigenvalue weighted by Crippen LogP contribution is 2.31. The summed E-state index contributed by atoms with van der Waals surface area (Å²) in [5, 5.41) is 10.8. The van der Waals surface area contributed by atoms with Crippen LogP contribution in [0.2, 0.25) is 0 Å². The molecule has 2 fully saturated rings. The van der Waals surface area contributed by atoms with Crippen molar-refractivity contribution in [3.8, 4) is 11.3 Å². The molecule has 2 aromatic carbocycles. The lowest BCUT2D eigenvalue weighted by Gasteiger charge is -2.31. The van der Waals surface area contributed by atoms with Crippen molar-refractivity contribution in [2.24, 2.45) is 0 Å². The summed E-state index contributed by atoms with van der Waals surface area (Å²) in [5.41, 5.74) is 3.13. The summed E-state index contributed by atoms with van der Waals surface area (Å²) in [5.74, 6) is 0.838. The first-order valence-electron chi connectivity index (χ1n) is 10.8. The van der Waals surface area contributed by atoms with Gasteiger partial charge in [-0.25, -0.2) is 9.97 Å². The number of aromatic nitrogens is 2. The molecule has 3 heterocycles. The molecular formula is C24H28N4O. The minimum absolute atomic E-state index is 0.261. The fourth-order valence-electron chi connectivity index (χ4n) is 4.91. The third-order valence-corrected chi connectivity index (χ3v) is 6.43. The Morgan fingerprint density at radius 1 is 0.862 bits per heavy atom. The molecule has 2 aliphatic rings. The van der Waals surface area contributed by atoms with Gasteiger partial charge in [0.15, 0.2) is 0 Å². The Morgan fingerprint density at radius 2 is 1.62 bits per heavy atom. The molecule has 2 saturated heterocycles. The molecule has 5 heteroatoms. The van der Waals surface area contributed by atoms with Crippen molar-refractivity contribution in [1.29, 1.82) is 0 Å². The molecule has 0 saturated carbocycles. The van der Waals surface area contributed by atoms with E-state index in [1.54, 1.807) is 0 Å². The number of fused-ring (bicyclic) bond motifs is 1. The Kier molecular flexibility index (Phi) is 5.17. The average Bonchev–Trinajstić information content (AvgIpc) is 3.43. The number of likely N-dealkylation sites (tertiary alicyclic amines) is 1. The molecule has 0 aliphatic carbocycles. The van der Waals surface area contributed by atoms with Gasteiger partial charge in [0.25, 0.3) is 0 Å². The van der Waals surface area contributed by atoms with E-state index in [1.165, 1.54) is 12.8 Å². The Labute approximate surface area is 172 Å². The number of aliphatic hydroxyl groups is 1. The first kappa shape index (κ1) is 18.5. The molecule has 0 radical (unpaired) electrons. The van der Waals surface area contributed by atoms with Crippen molar-refractivity contribution in [2.45, 2.75) is 37.8 Å². The van der Waals surface area contributed by atoms with Crippen LogP contribution in [0.25, 0.3) is 22.2 Å². The fraction of sp³-hybridized carbons (Fsp3) is 0.417. The number of hydrogen-bond acceptors (Lipinski definition) is 5. The van der Waals surface area contributed by atoms with Crippen LogP contribution in [0.3, 0.4) is 0 Å². The summed E-state index contributed by atoms with van der Waals surface area (Å²) in [4.78, 5) is 14.9. The molecule has 2 atom stereocenters. The molecule has 29 heavy (non-hydrogen) atoms. The maximum atomic E-state index is 9.69. The highest BCUT2D eigenvalue weighted by Gasteiger charge is 2.32. The van der Waals surface area contributed by atoms with Crippen LogP contribution in [-0.2, 0) is 0 Å². The summed E-state index contributed by atoms with van der Waals surface area (Å²) in [6.07, 6.45) is 4.61. The number of anilines is 1. The van der Waals surface area contributed by atoms with Crippen molar-refractivity contribution in [3.05, 3.63) is 54.6 Å². The number of aliphatic hydroxyl groups excluding tert-OH is 1. The van der Waals surface area contributed by atoms with E-state index in [0.29, 0.717) is 12.1 Å². The van der Waals surface area contributed by atoms with E-state index in [0.717, 1.165) is 60.6 Å². The van der Waals surface area contributed by atoms with Crippen LogP contribution in [0.15, 0.2) is 54.6 Å². The molecule has 1 N–H and O–H groups in total. The first-order valence-corrected chi connectivity index (χ1v) is 10.8. The van der Waals surface area contributed by atoms with Gasteiger partial charge in [-0.2, -0.15) is 0 Å². The molecule has 0 amide bonds. The molecule has 5 rings (SSSR count). The summed E-state index contributed by atoms with van der Waals surface area (Å²) < 4.78 is 0. The predicted molar refractivity (Wildman–Crippen MR) is 117 cm³/mol. The van der Waals surface area contributed by atoms with Crippen LogP contribution in [-0.4, -0.2) is 58.3 Å². The molecule has 1 aromatic heterocycles. The standard InChI is InChI=1S/C24H28N4O/c29-17-20-11-6-14-27(20)16-19-10-7-15-28(19)24-25-22-13-5-4-12-21(22)23(26-24)18-8-2-1-3-9-18/h1-5,8-9,12-13,19-20,29H,6-7,10-11,14-17H2. The summed E-state index contributed by atoms with van der Waals surface area (Å²) in [6, 6.07) is 19.4. The largest absolute Gasteiger partial charge is 0.395 e. The monoisotopic (exact) mass is 388 g/mol. The SMILES string of the molecule is OCC1CCCN1CC1CCCN1c1nc(-c2ccccc2)c2ccccc2n1. The Morgan fingerprint density at radius 3 is 2.48 bits per heavy atom. The van der Waals surface area contributed by atoms with Gasteiger partial charge in [0.2, 0.25) is 5.95 Å². The van der Waals surface area contributed by atoms with E-state index < -0.39 is 0 Å². The van der Waals surface area contributed by atoms with E-state index in [-0.39, 0.29) is 6.61 Å². The number of hydrogen-bond donors (Lipinski definition) is 1. The number of benzene rings is 2. The normalized spacial score (nSPS) is 22.6. The van der Waals surface area contributed by atoms with Crippen molar-refractivity contribution < 1.29 is 5.11 Å². The fourth-order valence-corrected chi connectivity index (χ4v) is 4.91. The third kappa shape index (κ3) is 3.61. The van der Waals surface area contributed by atoms with Crippen LogP contribution < -0.4 is 4.90 Å². The van der Waals surface area contributed by atoms with Crippen molar-refractivity contribution >= 4 is 16.9 Å². The second-order valence-electron chi connectivity index (χ2n) is 8.22. The minimum Gasteiger partial charge on any atom is -0.395 e. The topological polar surface area (TPSA) is 52.5 Å². The van der Waals surface area contributed by atoms with Gasteiger partial charge in [-0.3, -0.25) is 4.90 Å². The van der Waals surface area contributed by atoms with Crippen LogP contribution in [0.1, 0.15) is 25.7 Å². The van der Waals surface area contributed by atoms with Gasteiger partial charge in [0, 0.05) is 36.1 Å². The smallest absolute Gasteiger partial charge is 0.226 e. The van der Waals surface area contributed by atoms with Crippen molar-refractivity contribution in [2.75, 3.05) is 31.1 Å². The zero-order valence-corrected chi connectivity index (χ0v) is 16.7. The lowest BCUT2D eigenvalue weighted by molar-refractivity contribution is 0.153. The van der Waals surface area contributed by atoms with Crippen LogP contribution in [0.5, 0.6) is 0 Å². The maximum absolute atomic E-state index is 9.69. The van der Waals surface area contributed by atoms with E-state index in [2.05, 4.69) is 52.3 Å². The molecule has 0 spiro atoms. The van der Waals surface area contributed by atoms with E-state index in [4.69, 9.17) is 9.97 Å². The van der Waals surface area contributed by atoms with Crippen LogP contribution >= 0.6 is 0 Å². The van der Waals surface area contributed by atoms with Crippen LogP contribution in [0.4, 0.5) is 5.95 Å². The first-order chi connectivity index (χ1) is 14.3. The van der Waals surface area contributed by atoms with E-state index >= 15 is 0 Å². The highest BCUT2D eigenvalue weighted by atomic mass is 16.3. The zero-order chi connectivity index (χ0) is 19.6. The van der Waals surface area contributed by atoms with Gasteiger partial charge >= 0.3 is 0 Å². The molecule has 150 valence electrons. The summed E-state index contributed by atoms with van der Waals surface area (Å²) in [7, 11) is 0.